The Morgan fingerprint density at radius 3 is 2.54 bits per heavy atom. The number of ether oxygens (including phenoxy) is 1. The molecule has 1 heterocycles. The second-order valence-electron chi connectivity index (χ2n) is 6.95. The highest BCUT2D eigenvalue weighted by Crippen LogP contribution is 2.29. The topological polar surface area (TPSA) is 67.4 Å². The minimum Gasteiger partial charge on any atom is -0.490 e. The summed E-state index contributed by atoms with van der Waals surface area (Å²) in [5, 5.41) is 5.58. The summed E-state index contributed by atoms with van der Waals surface area (Å²) in [4.78, 5) is 24.1. The van der Waals surface area contributed by atoms with Gasteiger partial charge in [-0.2, -0.15) is 0 Å². The molecule has 1 aliphatic rings. The van der Waals surface area contributed by atoms with Crippen LogP contribution in [0, 0.1) is 13.8 Å². The van der Waals surface area contributed by atoms with Crippen LogP contribution in [0.5, 0.6) is 5.75 Å². The summed E-state index contributed by atoms with van der Waals surface area (Å²) in [6, 6.07) is 11.7. The van der Waals surface area contributed by atoms with E-state index in [0.717, 1.165) is 34.4 Å². The predicted octanol–water partition coefficient (Wildman–Crippen LogP) is 3.27. The van der Waals surface area contributed by atoms with Crippen molar-refractivity contribution in [3.8, 4) is 5.75 Å². The second-order valence-corrected chi connectivity index (χ2v) is 6.95. The van der Waals surface area contributed by atoms with Crippen molar-refractivity contribution in [2.75, 3.05) is 5.32 Å². The van der Waals surface area contributed by atoms with Crippen LogP contribution in [0.25, 0.3) is 0 Å². The molecule has 3 rings (SSSR count). The molecular weight excluding hydrogens is 328 g/mol. The molecule has 0 bridgehead atoms. The monoisotopic (exact) mass is 352 g/mol. The summed E-state index contributed by atoms with van der Waals surface area (Å²) in [7, 11) is 0. The molecule has 2 aromatic carbocycles. The smallest absolute Gasteiger partial charge is 0.233 e. The van der Waals surface area contributed by atoms with Crippen LogP contribution >= 0.6 is 0 Å². The maximum absolute atomic E-state index is 12.1. The molecule has 1 atom stereocenters. The number of anilines is 1. The molecule has 0 fully saturated rings. The van der Waals surface area contributed by atoms with Crippen LogP contribution < -0.4 is 15.4 Å². The lowest BCUT2D eigenvalue weighted by molar-refractivity contribution is -0.126. The van der Waals surface area contributed by atoms with Crippen molar-refractivity contribution in [1.82, 2.24) is 5.32 Å². The average molecular weight is 352 g/mol. The van der Waals surface area contributed by atoms with E-state index in [4.69, 9.17) is 4.74 Å². The first kappa shape index (κ1) is 18.0. The molecule has 5 nitrogen and oxygen atoms in total. The molecule has 1 aliphatic heterocycles. The van der Waals surface area contributed by atoms with E-state index in [9.17, 15) is 9.59 Å². The first-order valence-electron chi connectivity index (χ1n) is 8.82. The van der Waals surface area contributed by atoms with E-state index in [1.54, 1.807) is 0 Å². The van der Waals surface area contributed by atoms with Gasteiger partial charge in [0, 0.05) is 18.7 Å². The van der Waals surface area contributed by atoms with Crippen LogP contribution in [0.2, 0.25) is 0 Å². The lowest BCUT2D eigenvalue weighted by Crippen LogP contribution is -2.27. The van der Waals surface area contributed by atoms with Crippen molar-refractivity contribution < 1.29 is 14.3 Å². The summed E-state index contributed by atoms with van der Waals surface area (Å²) in [6.45, 7) is 6.38. The van der Waals surface area contributed by atoms with Crippen LogP contribution in [0.3, 0.4) is 0 Å². The molecule has 0 saturated heterocycles. The minimum atomic E-state index is -0.316. The molecule has 2 N–H and O–H groups in total. The summed E-state index contributed by atoms with van der Waals surface area (Å²) < 4.78 is 5.67. The Labute approximate surface area is 153 Å². The first-order chi connectivity index (χ1) is 12.4. The van der Waals surface area contributed by atoms with Crippen molar-refractivity contribution in [2.24, 2.45) is 0 Å². The number of fused-ring (bicyclic) bond motifs is 1. The molecule has 0 aliphatic carbocycles. The molecule has 0 radical (unpaired) electrons. The largest absolute Gasteiger partial charge is 0.490 e. The van der Waals surface area contributed by atoms with Gasteiger partial charge in [0.1, 0.15) is 18.3 Å². The predicted molar refractivity (Wildman–Crippen MR) is 101 cm³/mol. The number of benzene rings is 2. The van der Waals surface area contributed by atoms with E-state index >= 15 is 0 Å². The highest BCUT2D eigenvalue weighted by molar-refractivity contribution is 6.03. The molecule has 0 unspecified atom stereocenters. The third-order valence-electron chi connectivity index (χ3n) is 4.28. The van der Waals surface area contributed by atoms with Crippen molar-refractivity contribution >= 4 is 17.5 Å². The SMILES string of the molecule is Cc1cc(C)cc(NC(=O)CC(=O)NCc2ccc3c(c2)C[C@H](C)O3)c1. The average Bonchev–Trinajstić information content (AvgIpc) is 2.91. The highest BCUT2D eigenvalue weighted by atomic mass is 16.5. The van der Waals surface area contributed by atoms with Crippen molar-refractivity contribution in [1.29, 1.82) is 0 Å². The summed E-state index contributed by atoms with van der Waals surface area (Å²) >= 11 is 0. The first-order valence-corrected chi connectivity index (χ1v) is 8.82. The van der Waals surface area contributed by atoms with Gasteiger partial charge >= 0.3 is 0 Å². The van der Waals surface area contributed by atoms with E-state index in [-0.39, 0.29) is 24.3 Å². The maximum Gasteiger partial charge on any atom is 0.233 e. The number of amides is 2. The van der Waals surface area contributed by atoms with Gasteiger partial charge in [0.05, 0.1) is 0 Å². The second kappa shape index (κ2) is 7.60. The van der Waals surface area contributed by atoms with Crippen molar-refractivity contribution in [2.45, 2.75) is 46.3 Å². The van der Waals surface area contributed by atoms with E-state index in [0.29, 0.717) is 12.2 Å². The maximum atomic E-state index is 12.1. The van der Waals surface area contributed by atoms with Gasteiger partial charge in [-0.1, -0.05) is 18.2 Å². The fourth-order valence-electron chi connectivity index (χ4n) is 3.25. The fraction of sp³-hybridized carbons (Fsp3) is 0.333. The summed E-state index contributed by atoms with van der Waals surface area (Å²) in [5.74, 6) is 0.307. The normalized spacial score (nSPS) is 15.1. The number of carbonyl (C=O) groups is 2. The molecular formula is C21H24N2O3. The Morgan fingerprint density at radius 2 is 1.81 bits per heavy atom. The fourth-order valence-corrected chi connectivity index (χ4v) is 3.25. The van der Waals surface area contributed by atoms with Gasteiger partial charge in [-0.3, -0.25) is 9.59 Å². The molecule has 5 heteroatoms. The van der Waals surface area contributed by atoms with Gasteiger partial charge in [-0.05, 0) is 61.2 Å². The van der Waals surface area contributed by atoms with E-state index in [1.807, 2.05) is 51.1 Å². The zero-order valence-corrected chi connectivity index (χ0v) is 15.4. The molecule has 0 saturated carbocycles. The molecule has 0 aromatic heterocycles. The van der Waals surface area contributed by atoms with Crippen LogP contribution in [-0.4, -0.2) is 17.9 Å². The minimum absolute atomic E-state index is 0.196. The Morgan fingerprint density at radius 1 is 1.08 bits per heavy atom. The zero-order chi connectivity index (χ0) is 18.7. The molecule has 2 aromatic rings. The van der Waals surface area contributed by atoms with Gasteiger partial charge in [0.2, 0.25) is 11.8 Å². The Balaban J connectivity index is 1.49. The lowest BCUT2D eigenvalue weighted by Gasteiger charge is -2.09. The number of aryl methyl sites for hydroxylation is 2. The quantitative estimate of drug-likeness (QED) is 0.812. The van der Waals surface area contributed by atoms with Gasteiger partial charge in [0.15, 0.2) is 0 Å². The van der Waals surface area contributed by atoms with Gasteiger partial charge in [-0.25, -0.2) is 0 Å². The number of hydrogen-bond acceptors (Lipinski definition) is 3. The standard InChI is InChI=1S/C21H24N2O3/c1-13-6-14(2)8-18(7-13)23-21(25)11-20(24)22-12-16-4-5-19-17(10-16)9-15(3)26-19/h4-8,10,15H,9,11-12H2,1-3H3,(H,22,24)(H,23,25)/t15-/m0/s1. The molecule has 26 heavy (non-hydrogen) atoms. The third kappa shape index (κ3) is 4.63. The lowest BCUT2D eigenvalue weighted by atomic mass is 10.1. The van der Waals surface area contributed by atoms with Gasteiger partial charge < -0.3 is 15.4 Å². The number of hydrogen-bond donors (Lipinski definition) is 2. The molecule has 2 amide bonds. The number of nitrogens with one attached hydrogen (secondary N) is 2. The molecule has 136 valence electrons. The summed E-state index contributed by atoms with van der Waals surface area (Å²) in [5.41, 5.74) is 5.02. The van der Waals surface area contributed by atoms with Gasteiger partial charge in [-0.15, -0.1) is 0 Å². The van der Waals surface area contributed by atoms with E-state index in [1.165, 1.54) is 0 Å². The van der Waals surface area contributed by atoms with Crippen molar-refractivity contribution in [3.63, 3.8) is 0 Å². The van der Waals surface area contributed by atoms with E-state index < -0.39 is 0 Å². The van der Waals surface area contributed by atoms with Gasteiger partial charge in [0.25, 0.3) is 0 Å². The van der Waals surface area contributed by atoms with Crippen LogP contribution in [0.1, 0.15) is 35.6 Å². The Hall–Kier alpha value is -2.82. The van der Waals surface area contributed by atoms with Crippen molar-refractivity contribution in [3.05, 3.63) is 58.7 Å². The van der Waals surface area contributed by atoms with E-state index in [2.05, 4.69) is 16.7 Å². The number of rotatable bonds is 5. The molecule has 0 spiro atoms. The summed E-state index contributed by atoms with van der Waals surface area (Å²) in [6.07, 6.45) is 0.886. The van der Waals surface area contributed by atoms with Crippen LogP contribution in [0.15, 0.2) is 36.4 Å². The third-order valence-corrected chi connectivity index (χ3v) is 4.28. The Kier molecular flexibility index (Phi) is 5.26. The van der Waals surface area contributed by atoms with Crippen LogP contribution in [0.4, 0.5) is 5.69 Å². The number of carbonyl (C=O) groups excluding carboxylic acids is 2. The Bertz CT molecular complexity index is 825. The highest BCUT2D eigenvalue weighted by Gasteiger charge is 2.19. The van der Waals surface area contributed by atoms with Crippen LogP contribution in [-0.2, 0) is 22.6 Å². The zero-order valence-electron chi connectivity index (χ0n) is 15.4.